The third-order valence-electron chi connectivity index (χ3n) is 2.80. The van der Waals surface area contributed by atoms with Crippen molar-refractivity contribution in [3.63, 3.8) is 0 Å². The van der Waals surface area contributed by atoms with Crippen molar-refractivity contribution in [1.82, 2.24) is 0 Å². The predicted octanol–water partition coefficient (Wildman–Crippen LogP) is 4.86. The van der Waals surface area contributed by atoms with Crippen molar-refractivity contribution in [2.24, 2.45) is 0 Å². The van der Waals surface area contributed by atoms with Crippen molar-refractivity contribution >= 4 is 0 Å². The molecule has 18 heavy (non-hydrogen) atoms. The Bertz CT molecular complexity index is 425. The van der Waals surface area contributed by atoms with Gasteiger partial charge in [-0.05, 0) is 0 Å². The van der Waals surface area contributed by atoms with E-state index in [0.29, 0.717) is 10.9 Å². The predicted molar refractivity (Wildman–Crippen MR) is 62.5 cm³/mol. The third kappa shape index (κ3) is 3.62. The standard InChI is InChI=1S/C8H11.C6H4F3.Co/c1-2-4-6-8-7-5-3-1;7-6(8,9)5-3-1-2-4-5;/h1-3H,4,6-8H2;1,3H,2H2;. The van der Waals surface area contributed by atoms with Crippen molar-refractivity contribution in [1.29, 1.82) is 0 Å². The van der Waals surface area contributed by atoms with Gasteiger partial charge in [0.1, 0.15) is 0 Å². The Morgan fingerprint density at radius 1 is 1.11 bits per heavy atom. The zero-order chi connectivity index (χ0) is 13.0. The van der Waals surface area contributed by atoms with Crippen LogP contribution in [0, 0.1) is 0 Å². The van der Waals surface area contributed by atoms with Crippen LogP contribution in [0.4, 0.5) is 13.2 Å². The first-order chi connectivity index (χ1) is 8.57. The van der Waals surface area contributed by atoms with Crippen molar-refractivity contribution in [3.05, 3.63) is 45.0 Å². The second-order valence-corrected chi connectivity index (χ2v) is 5.80. The summed E-state index contributed by atoms with van der Waals surface area (Å²) in [5.41, 5.74) is -0.450. The van der Waals surface area contributed by atoms with E-state index in [1.54, 1.807) is 6.08 Å². The van der Waals surface area contributed by atoms with Gasteiger partial charge in [0.2, 0.25) is 0 Å². The molecule has 2 aliphatic rings. The number of allylic oxidation sites excluding steroid dienone is 8. The van der Waals surface area contributed by atoms with Crippen LogP contribution in [0.1, 0.15) is 32.1 Å². The van der Waals surface area contributed by atoms with Gasteiger partial charge in [0, 0.05) is 0 Å². The van der Waals surface area contributed by atoms with Gasteiger partial charge < -0.3 is 0 Å². The molecule has 0 bridgehead atoms. The normalized spacial score (nSPS) is 21.2. The molecule has 0 saturated heterocycles. The zero-order valence-corrected chi connectivity index (χ0v) is 10.9. The van der Waals surface area contributed by atoms with Crippen LogP contribution in [-0.4, -0.2) is 6.18 Å². The average molecular weight is 299 g/mol. The van der Waals surface area contributed by atoms with E-state index in [2.05, 4.69) is 6.08 Å². The summed E-state index contributed by atoms with van der Waals surface area (Å²) in [6.45, 7) is 0. The molecule has 0 atom stereocenters. The summed E-state index contributed by atoms with van der Waals surface area (Å²) in [6, 6.07) is 0. The fraction of sp³-hybridized carbons (Fsp3) is 0.429. The Hall–Kier alpha value is -0.744. The van der Waals surface area contributed by atoms with Crippen LogP contribution in [0.15, 0.2) is 45.0 Å². The van der Waals surface area contributed by atoms with Crippen LogP contribution in [0.5, 0.6) is 0 Å². The monoisotopic (exact) mass is 299 g/mol. The Labute approximate surface area is 111 Å². The molecular formula is C14H15CoF3. The van der Waals surface area contributed by atoms with E-state index in [9.17, 15) is 13.2 Å². The molecule has 0 saturated carbocycles. The van der Waals surface area contributed by atoms with Gasteiger partial charge in [-0.3, -0.25) is 0 Å². The molecule has 0 N–H and O–H groups in total. The molecule has 0 unspecified atom stereocenters. The van der Waals surface area contributed by atoms with E-state index in [1.807, 2.05) is 12.2 Å². The van der Waals surface area contributed by atoms with E-state index in [1.165, 1.54) is 6.08 Å². The summed E-state index contributed by atoms with van der Waals surface area (Å²) in [5, 5.41) is 0. The minimum absolute atomic E-state index is 0.426. The van der Waals surface area contributed by atoms with Crippen molar-refractivity contribution in [3.8, 4) is 0 Å². The summed E-state index contributed by atoms with van der Waals surface area (Å²) < 4.78 is 39.9. The number of rotatable bonds is 2. The second-order valence-electron chi connectivity index (χ2n) is 4.24. The van der Waals surface area contributed by atoms with Crippen molar-refractivity contribution < 1.29 is 27.9 Å². The van der Waals surface area contributed by atoms with Crippen LogP contribution in [0.25, 0.3) is 0 Å². The molecule has 0 nitrogen and oxygen atoms in total. The topological polar surface area (TPSA) is 0 Å². The van der Waals surface area contributed by atoms with Gasteiger partial charge in [-0.1, -0.05) is 0 Å². The summed E-state index contributed by atoms with van der Waals surface area (Å²) >= 11 is 0.775. The van der Waals surface area contributed by atoms with Crippen molar-refractivity contribution in [2.45, 2.75) is 38.3 Å². The third-order valence-corrected chi connectivity index (χ3v) is 4.37. The first kappa shape index (κ1) is 13.7. The molecular weight excluding hydrogens is 284 g/mol. The molecule has 2 rings (SSSR count). The number of hydrogen-bond donors (Lipinski definition) is 0. The first-order valence-corrected chi connectivity index (χ1v) is 7.04. The Kier molecular flexibility index (Phi) is 4.51. The fourth-order valence-electron chi connectivity index (χ4n) is 1.89. The summed E-state index contributed by atoms with van der Waals surface area (Å²) in [6.07, 6.45) is 9.19. The van der Waals surface area contributed by atoms with E-state index >= 15 is 0 Å². The SMILES string of the molecule is FC(F)(F)C1=[C]([Co][C]2=CC=CCCCC2)CC=C1. The van der Waals surface area contributed by atoms with Crippen LogP contribution in [0.2, 0.25) is 0 Å². The number of alkyl halides is 3. The van der Waals surface area contributed by atoms with E-state index < -0.39 is 11.7 Å². The number of hydrogen-bond acceptors (Lipinski definition) is 0. The number of halogens is 3. The van der Waals surface area contributed by atoms with Gasteiger partial charge in [0.05, 0.1) is 0 Å². The molecule has 0 aromatic heterocycles. The van der Waals surface area contributed by atoms with Crippen LogP contribution < -0.4 is 0 Å². The Morgan fingerprint density at radius 3 is 2.72 bits per heavy atom. The molecule has 0 fully saturated rings. The maximum absolute atomic E-state index is 12.8. The summed E-state index contributed by atoms with van der Waals surface area (Å²) in [4.78, 5) is 0. The first-order valence-electron chi connectivity index (χ1n) is 6.00. The van der Waals surface area contributed by atoms with E-state index in [4.69, 9.17) is 0 Å². The van der Waals surface area contributed by atoms with Gasteiger partial charge in [-0.25, -0.2) is 0 Å². The maximum atomic E-state index is 12.8. The Balaban J connectivity index is 2.13. The molecule has 0 heterocycles. The molecule has 0 aliphatic heterocycles. The van der Waals surface area contributed by atoms with Crippen molar-refractivity contribution in [2.75, 3.05) is 0 Å². The van der Waals surface area contributed by atoms with Crippen LogP contribution in [-0.2, 0) is 14.7 Å². The van der Waals surface area contributed by atoms with Gasteiger partial charge in [-0.15, -0.1) is 0 Å². The van der Waals surface area contributed by atoms with Gasteiger partial charge >= 0.3 is 111 Å². The van der Waals surface area contributed by atoms with Gasteiger partial charge in [0.15, 0.2) is 0 Å². The summed E-state index contributed by atoms with van der Waals surface area (Å²) in [7, 11) is 0. The van der Waals surface area contributed by atoms with Gasteiger partial charge in [0.25, 0.3) is 0 Å². The molecule has 0 amide bonds. The Morgan fingerprint density at radius 2 is 1.94 bits per heavy atom. The quantitative estimate of drug-likeness (QED) is 0.683. The fourth-order valence-corrected chi connectivity index (χ4v) is 3.40. The van der Waals surface area contributed by atoms with Crippen LogP contribution in [0.3, 0.4) is 0 Å². The molecule has 4 heteroatoms. The minimum atomic E-state index is -4.22. The van der Waals surface area contributed by atoms with Crippen LogP contribution >= 0.6 is 0 Å². The molecule has 0 aromatic carbocycles. The molecule has 2 aliphatic carbocycles. The molecule has 0 radical (unpaired) electrons. The molecule has 101 valence electrons. The molecule has 0 spiro atoms. The molecule has 0 aromatic rings. The van der Waals surface area contributed by atoms with E-state index in [-0.39, 0.29) is 0 Å². The van der Waals surface area contributed by atoms with E-state index in [0.717, 1.165) is 44.9 Å². The van der Waals surface area contributed by atoms with Gasteiger partial charge in [-0.2, -0.15) is 0 Å². The second kappa shape index (κ2) is 5.93. The summed E-state index contributed by atoms with van der Waals surface area (Å²) in [5.74, 6) is 0. The zero-order valence-electron chi connectivity index (χ0n) is 9.89. The average Bonchev–Trinajstić information content (AvgIpc) is 2.69.